The number of nitrogens with one attached hydrogen (secondary N) is 1. The fourth-order valence-corrected chi connectivity index (χ4v) is 0.0962. The Labute approximate surface area is 31.8 Å². The molecule has 0 bridgehead atoms. The van der Waals surface area contributed by atoms with Gasteiger partial charge in [-0.15, -0.1) is 0 Å². The first-order valence-corrected chi connectivity index (χ1v) is 1.53. The summed E-state index contributed by atoms with van der Waals surface area (Å²) in [5.74, 6) is 0. The summed E-state index contributed by atoms with van der Waals surface area (Å²) in [4.78, 5) is 0. The van der Waals surface area contributed by atoms with Gasteiger partial charge in [-0.1, -0.05) is 6.08 Å². The molecule has 0 saturated carbocycles. The second-order valence-corrected chi connectivity index (χ2v) is 0.692. The van der Waals surface area contributed by atoms with Crippen LogP contribution in [0.1, 0.15) is 6.92 Å². The molecule has 0 aromatic rings. The SMILES string of the molecule is C/C=C/C=N. The van der Waals surface area contributed by atoms with Crippen LogP contribution in [0.15, 0.2) is 12.2 Å². The lowest BCUT2D eigenvalue weighted by Gasteiger charge is -1.54. The van der Waals surface area contributed by atoms with Gasteiger partial charge in [-0.25, -0.2) is 0 Å². The van der Waals surface area contributed by atoms with Crippen LogP contribution in [0.4, 0.5) is 0 Å². The number of allylic oxidation sites excluding steroid dienone is 2. The van der Waals surface area contributed by atoms with Crippen molar-refractivity contribution >= 4 is 6.21 Å². The summed E-state index contributed by atoms with van der Waals surface area (Å²) < 4.78 is 0. The highest BCUT2D eigenvalue weighted by atomic mass is 14.3. The molecule has 0 saturated heterocycles. The van der Waals surface area contributed by atoms with Gasteiger partial charge in [-0.05, 0) is 13.0 Å². The van der Waals surface area contributed by atoms with E-state index in [-0.39, 0.29) is 0 Å². The minimum atomic E-state index is 1.25. The van der Waals surface area contributed by atoms with E-state index < -0.39 is 0 Å². The third-order valence-corrected chi connectivity index (χ3v) is 0.289. The molecule has 1 heteroatoms. The van der Waals surface area contributed by atoms with Gasteiger partial charge >= 0.3 is 0 Å². The highest BCUT2D eigenvalue weighted by Gasteiger charge is 1.43. The average molecular weight is 69.1 g/mol. The Morgan fingerprint density at radius 2 is 2.20 bits per heavy atom. The van der Waals surface area contributed by atoms with Crippen LogP contribution in [0.3, 0.4) is 0 Å². The van der Waals surface area contributed by atoms with E-state index in [1.165, 1.54) is 6.21 Å². The Kier molecular flexibility index (Phi) is 3.01. The molecule has 0 amide bonds. The van der Waals surface area contributed by atoms with Crippen molar-refractivity contribution in [3.8, 4) is 0 Å². The first kappa shape index (κ1) is 4.41. The van der Waals surface area contributed by atoms with Crippen molar-refractivity contribution < 1.29 is 0 Å². The molecule has 0 unspecified atom stereocenters. The van der Waals surface area contributed by atoms with Gasteiger partial charge in [0.15, 0.2) is 0 Å². The van der Waals surface area contributed by atoms with Gasteiger partial charge in [0, 0.05) is 6.21 Å². The Morgan fingerprint density at radius 3 is 2.20 bits per heavy atom. The van der Waals surface area contributed by atoms with Crippen LogP contribution in [-0.4, -0.2) is 6.21 Å². The third kappa shape index (κ3) is 3.41. The second-order valence-electron chi connectivity index (χ2n) is 0.692. The largest absolute Gasteiger partial charge is 0.309 e. The standard InChI is InChI=1S/C4H7N/c1-2-3-4-5/h2-5H,1H3/b3-2+,5-4?. The van der Waals surface area contributed by atoms with Gasteiger partial charge < -0.3 is 5.41 Å². The van der Waals surface area contributed by atoms with E-state index in [0.717, 1.165) is 0 Å². The first-order chi connectivity index (χ1) is 2.41. The predicted molar refractivity (Wildman–Crippen MR) is 23.6 cm³/mol. The monoisotopic (exact) mass is 69.1 g/mol. The second kappa shape index (κ2) is 3.41. The van der Waals surface area contributed by atoms with Gasteiger partial charge in [0.25, 0.3) is 0 Å². The fourth-order valence-electron chi connectivity index (χ4n) is 0.0962. The maximum atomic E-state index is 6.39. The van der Waals surface area contributed by atoms with E-state index >= 15 is 0 Å². The summed E-state index contributed by atoms with van der Waals surface area (Å²) in [6.45, 7) is 1.88. The van der Waals surface area contributed by atoms with E-state index in [4.69, 9.17) is 5.41 Å². The molecule has 0 atom stereocenters. The molecule has 0 fully saturated rings. The summed E-state index contributed by atoms with van der Waals surface area (Å²) in [6.07, 6.45) is 4.73. The van der Waals surface area contributed by atoms with Crippen LogP contribution in [0.25, 0.3) is 0 Å². The molecule has 1 nitrogen and oxygen atoms in total. The van der Waals surface area contributed by atoms with Crippen molar-refractivity contribution in [2.45, 2.75) is 6.92 Å². The molecule has 0 spiro atoms. The van der Waals surface area contributed by atoms with Crippen molar-refractivity contribution in [2.75, 3.05) is 0 Å². The zero-order valence-electron chi connectivity index (χ0n) is 3.23. The van der Waals surface area contributed by atoms with Crippen molar-refractivity contribution in [1.29, 1.82) is 5.41 Å². The van der Waals surface area contributed by atoms with Gasteiger partial charge in [-0.2, -0.15) is 0 Å². The van der Waals surface area contributed by atoms with Crippen molar-refractivity contribution in [1.82, 2.24) is 0 Å². The molecule has 0 radical (unpaired) electrons. The zero-order chi connectivity index (χ0) is 4.12. The van der Waals surface area contributed by atoms with Crippen LogP contribution >= 0.6 is 0 Å². The van der Waals surface area contributed by atoms with E-state index in [2.05, 4.69) is 0 Å². The van der Waals surface area contributed by atoms with Gasteiger partial charge in [-0.3, -0.25) is 0 Å². The predicted octanol–water partition coefficient (Wildman–Crippen LogP) is 1.21. The molecular formula is C4H7N. The van der Waals surface area contributed by atoms with Crippen molar-refractivity contribution in [3.05, 3.63) is 12.2 Å². The topological polar surface area (TPSA) is 23.9 Å². The van der Waals surface area contributed by atoms with Crippen molar-refractivity contribution in [3.63, 3.8) is 0 Å². The maximum Gasteiger partial charge on any atom is 0.0174 e. The number of rotatable bonds is 1. The molecule has 0 rings (SSSR count). The van der Waals surface area contributed by atoms with Gasteiger partial charge in [0.2, 0.25) is 0 Å². The van der Waals surface area contributed by atoms with Gasteiger partial charge in [0.05, 0.1) is 0 Å². The van der Waals surface area contributed by atoms with Crippen LogP contribution in [-0.2, 0) is 0 Å². The Hall–Kier alpha value is -0.590. The lowest BCUT2D eigenvalue weighted by atomic mass is 10.6. The molecule has 0 heterocycles. The molecular weight excluding hydrogens is 62.1 g/mol. The molecule has 28 valence electrons. The molecule has 0 aromatic carbocycles. The molecule has 1 N–H and O–H groups in total. The number of hydrogen-bond donors (Lipinski definition) is 1. The normalized spacial score (nSPS) is 9.00. The molecule has 5 heavy (non-hydrogen) atoms. The first-order valence-electron chi connectivity index (χ1n) is 1.53. The van der Waals surface area contributed by atoms with Crippen LogP contribution in [0, 0.1) is 5.41 Å². The van der Waals surface area contributed by atoms with Crippen molar-refractivity contribution in [2.24, 2.45) is 0 Å². The molecule has 0 aliphatic rings. The summed E-state index contributed by atoms with van der Waals surface area (Å²) in [5, 5.41) is 6.39. The summed E-state index contributed by atoms with van der Waals surface area (Å²) >= 11 is 0. The smallest absolute Gasteiger partial charge is 0.0174 e. The maximum absolute atomic E-state index is 6.39. The summed E-state index contributed by atoms with van der Waals surface area (Å²) in [7, 11) is 0. The highest BCUT2D eigenvalue weighted by molar-refractivity contribution is 5.67. The fraction of sp³-hybridized carbons (Fsp3) is 0.250. The lowest BCUT2D eigenvalue weighted by molar-refractivity contribution is 1.57. The highest BCUT2D eigenvalue weighted by Crippen LogP contribution is 1.55. The third-order valence-electron chi connectivity index (χ3n) is 0.289. The molecule has 0 aliphatic carbocycles. The Bertz CT molecular complexity index is 45.6. The Balaban J connectivity index is 2.92. The van der Waals surface area contributed by atoms with E-state index in [9.17, 15) is 0 Å². The quantitative estimate of drug-likeness (QED) is 0.447. The zero-order valence-corrected chi connectivity index (χ0v) is 3.23. The van der Waals surface area contributed by atoms with Crippen LogP contribution < -0.4 is 0 Å². The van der Waals surface area contributed by atoms with E-state index in [1.807, 2.05) is 13.0 Å². The van der Waals surface area contributed by atoms with E-state index in [0.29, 0.717) is 0 Å². The lowest BCUT2D eigenvalue weighted by Crippen LogP contribution is -1.48. The molecule has 0 aromatic heterocycles. The van der Waals surface area contributed by atoms with E-state index in [1.54, 1.807) is 6.08 Å². The minimum Gasteiger partial charge on any atom is -0.309 e. The summed E-state index contributed by atoms with van der Waals surface area (Å²) in [6, 6.07) is 0. The Morgan fingerprint density at radius 1 is 1.60 bits per heavy atom. The average Bonchev–Trinajstić information content (AvgIpc) is 1.41. The van der Waals surface area contributed by atoms with Crippen LogP contribution in [0.2, 0.25) is 0 Å². The molecule has 0 aliphatic heterocycles. The summed E-state index contributed by atoms with van der Waals surface area (Å²) in [5.41, 5.74) is 0. The van der Waals surface area contributed by atoms with Gasteiger partial charge in [0.1, 0.15) is 0 Å². The number of hydrogen-bond acceptors (Lipinski definition) is 1. The van der Waals surface area contributed by atoms with Crippen LogP contribution in [0.5, 0.6) is 0 Å². The minimum absolute atomic E-state index is 1.25.